The first-order chi connectivity index (χ1) is 17.9. The van der Waals surface area contributed by atoms with Crippen LogP contribution < -0.4 is 9.64 Å². The van der Waals surface area contributed by atoms with Crippen LogP contribution >= 0.6 is 0 Å². The average Bonchev–Trinajstić information content (AvgIpc) is 3.25. The highest BCUT2D eigenvalue weighted by atomic mass is 32.2. The fourth-order valence-corrected chi connectivity index (χ4v) is 5.00. The average molecular weight is 526 g/mol. The Kier molecular flexibility index (Phi) is 10.1. The molecule has 0 saturated heterocycles. The predicted octanol–water partition coefficient (Wildman–Crippen LogP) is 4.94. The van der Waals surface area contributed by atoms with Gasteiger partial charge in [0.25, 0.3) is 0 Å². The van der Waals surface area contributed by atoms with E-state index in [1.807, 2.05) is 29.2 Å². The van der Waals surface area contributed by atoms with Crippen molar-refractivity contribution in [2.75, 3.05) is 24.7 Å². The van der Waals surface area contributed by atoms with E-state index in [2.05, 4.69) is 6.58 Å². The molecule has 3 rings (SSSR count). The summed E-state index contributed by atoms with van der Waals surface area (Å²) in [7, 11) is -4.11. The Morgan fingerprint density at radius 3 is 2.41 bits per heavy atom. The van der Waals surface area contributed by atoms with Gasteiger partial charge in [-0.15, -0.1) is 0 Å². The molecule has 0 fully saturated rings. The molecule has 1 aliphatic rings. The SMILES string of the molecule is C=CC(=O)OCCCCCCN1/C(=C/C=C(/C(=O)OCC)S(=O)(=O)c2ccccc2)Oc2ccccc21. The maximum absolute atomic E-state index is 13.2. The number of allylic oxidation sites excluding steroid dienone is 2. The van der Waals surface area contributed by atoms with Crippen molar-refractivity contribution >= 4 is 27.5 Å². The summed E-state index contributed by atoms with van der Waals surface area (Å²) in [5.41, 5.74) is 0.852. The van der Waals surface area contributed by atoms with Crippen molar-refractivity contribution in [3.8, 4) is 5.75 Å². The molecule has 0 N–H and O–H groups in total. The first-order valence-corrected chi connectivity index (χ1v) is 13.6. The molecule has 0 unspecified atom stereocenters. The number of benzene rings is 2. The Bertz CT molecular complexity index is 1270. The number of para-hydroxylation sites is 2. The molecule has 0 aliphatic carbocycles. The van der Waals surface area contributed by atoms with Crippen LogP contribution in [0.4, 0.5) is 5.69 Å². The molecule has 0 aromatic heterocycles. The molecule has 1 aliphatic heterocycles. The first kappa shape index (κ1) is 27.7. The third-order valence-electron chi connectivity index (χ3n) is 5.52. The first-order valence-electron chi connectivity index (χ1n) is 12.1. The van der Waals surface area contributed by atoms with Gasteiger partial charge >= 0.3 is 11.9 Å². The quantitative estimate of drug-likeness (QED) is 0.206. The number of ether oxygens (including phenoxy) is 3. The summed E-state index contributed by atoms with van der Waals surface area (Å²) >= 11 is 0. The standard InChI is InChI=1S/C28H31NO7S/c1-3-27(30)35-21-13-6-5-12-20-29-23-16-10-11-17-24(23)36-26(29)19-18-25(28(31)34-4-2)37(32,33)22-14-8-7-9-15-22/h3,7-11,14-19H,1,4-6,12-13,20-21H2,2H3/b25-18-,26-19-. The molecule has 2 aromatic carbocycles. The third kappa shape index (κ3) is 7.33. The maximum atomic E-state index is 13.2. The second-order valence-corrected chi connectivity index (χ2v) is 10.00. The summed E-state index contributed by atoms with van der Waals surface area (Å²) < 4.78 is 42.5. The second kappa shape index (κ2) is 13.5. The molecule has 0 spiro atoms. The fraction of sp³-hybridized carbons (Fsp3) is 0.286. The molecule has 0 bridgehead atoms. The van der Waals surface area contributed by atoms with Crippen LogP contribution in [0.5, 0.6) is 5.75 Å². The fourth-order valence-electron chi connectivity index (χ4n) is 3.71. The van der Waals surface area contributed by atoms with Gasteiger partial charge in [0.05, 0.1) is 23.8 Å². The van der Waals surface area contributed by atoms with Crippen molar-refractivity contribution in [1.29, 1.82) is 0 Å². The van der Waals surface area contributed by atoms with Gasteiger partial charge in [-0.1, -0.05) is 43.3 Å². The van der Waals surface area contributed by atoms with Gasteiger partial charge in [0.2, 0.25) is 15.7 Å². The lowest BCUT2D eigenvalue weighted by Crippen LogP contribution is -2.22. The molecule has 1 heterocycles. The topological polar surface area (TPSA) is 99.2 Å². The van der Waals surface area contributed by atoms with Gasteiger partial charge < -0.3 is 19.1 Å². The number of fused-ring (bicyclic) bond motifs is 1. The summed E-state index contributed by atoms with van der Waals surface area (Å²) in [6, 6.07) is 15.2. The number of anilines is 1. The van der Waals surface area contributed by atoms with Crippen LogP contribution in [0.2, 0.25) is 0 Å². The van der Waals surface area contributed by atoms with E-state index in [9.17, 15) is 18.0 Å². The van der Waals surface area contributed by atoms with Crippen LogP contribution in [0.1, 0.15) is 32.6 Å². The summed E-state index contributed by atoms with van der Waals surface area (Å²) in [5.74, 6) is -0.305. The number of unbranched alkanes of at least 4 members (excludes halogenated alkanes) is 3. The molecule has 0 saturated carbocycles. The number of carbonyl (C=O) groups excluding carboxylic acids is 2. The van der Waals surface area contributed by atoms with Crippen molar-refractivity contribution < 1.29 is 32.2 Å². The summed E-state index contributed by atoms with van der Waals surface area (Å²) in [6.45, 7) is 5.99. The monoisotopic (exact) mass is 525 g/mol. The molecule has 0 atom stereocenters. The van der Waals surface area contributed by atoms with Gasteiger partial charge in [0, 0.05) is 18.7 Å². The van der Waals surface area contributed by atoms with E-state index < -0.39 is 26.7 Å². The smallest absolute Gasteiger partial charge is 0.350 e. The Morgan fingerprint density at radius 2 is 1.68 bits per heavy atom. The van der Waals surface area contributed by atoms with Crippen molar-refractivity contribution in [3.05, 3.63) is 90.2 Å². The molecule has 0 radical (unpaired) electrons. The lowest BCUT2D eigenvalue weighted by molar-refractivity contribution is -0.138. The van der Waals surface area contributed by atoms with E-state index in [1.54, 1.807) is 25.1 Å². The van der Waals surface area contributed by atoms with E-state index in [-0.39, 0.29) is 11.5 Å². The number of hydrogen-bond acceptors (Lipinski definition) is 8. The molecule has 0 amide bonds. The molecule has 196 valence electrons. The van der Waals surface area contributed by atoms with E-state index in [1.165, 1.54) is 24.3 Å². The van der Waals surface area contributed by atoms with Gasteiger partial charge in [0.1, 0.15) is 0 Å². The highest BCUT2D eigenvalue weighted by molar-refractivity contribution is 7.96. The van der Waals surface area contributed by atoms with Gasteiger partial charge in [-0.2, -0.15) is 0 Å². The molecule has 9 heteroatoms. The molecule has 8 nitrogen and oxygen atoms in total. The number of rotatable bonds is 13. The predicted molar refractivity (Wildman–Crippen MR) is 140 cm³/mol. The second-order valence-electron chi connectivity index (χ2n) is 8.08. The minimum absolute atomic E-state index is 0.000967. The molecular formula is C28H31NO7S. The Hall–Kier alpha value is -3.85. The zero-order valence-electron chi connectivity index (χ0n) is 20.8. The van der Waals surface area contributed by atoms with Crippen molar-refractivity contribution in [2.45, 2.75) is 37.5 Å². The van der Waals surface area contributed by atoms with Crippen LogP contribution in [-0.4, -0.2) is 40.1 Å². The van der Waals surface area contributed by atoms with Crippen LogP contribution in [0.15, 0.2) is 95.1 Å². The van der Waals surface area contributed by atoms with Crippen LogP contribution in [0, 0.1) is 0 Å². The van der Waals surface area contributed by atoms with Gasteiger partial charge in [-0.25, -0.2) is 18.0 Å². The lowest BCUT2D eigenvalue weighted by atomic mass is 10.2. The summed E-state index contributed by atoms with van der Waals surface area (Å²) in [4.78, 5) is 25.2. The van der Waals surface area contributed by atoms with Gasteiger partial charge in [0.15, 0.2) is 10.7 Å². The number of hydrogen-bond donors (Lipinski definition) is 0. The number of sulfone groups is 1. The number of esters is 2. The number of nitrogens with zero attached hydrogens (tertiary/aromatic N) is 1. The zero-order chi connectivity index (χ0) is 26.7. The van der Waals surface area contributed by atoms with Crippen LogP contribution in [-0.2, 0) is 28.9 Å². The van der Waals surface area contributed by atoms with Gasteiger partial charge in [-0.3, -0.25) is 0 Å². The Labute approximate surface area is 217 Å². The largest absolute Gasteiger partial charge is 0.463 e. The highest BCUT2D eigenvalue weighted by Crippen LogP contribution is 2.39. The van der Waals surface area contributed by atoms with E-state index in [4.69, 9.17) is 14.2 Å². The van der Waals surface area contributed by atoms with Crippen molar-refractivity contribution in [3.63, 3.8) is 0 Å². The van der Waals surface area contributed by atoms with E-state index >= 15 is 0 Å². The maximum Gasteiger partial charge on any atom is 0.350 e. The minimum atomic E-state index is -4.11. The minimum Gasteiger partial charge on any atom is -0.463 e. The van der Waals surface area contributed by atoms with Gasteiger partial charge in [-0.05, 0) is 56.5 Å². The van der Waals surface area contributed by atoms with Crippen molar-refractivity contribution in [2.24, 2.45) is 0 Å². The summed E-state index contributed by atoms with van der Waals surface area (Å²) in [5, 5.41) is 0. The summed E-state index contributed by atoms with van der Waals surface area (Å²) in [6.07, 6.45) is 7.21. The Balaban J connectivity index is 1.79. The van der Waals surface area contributed by atoms with Crippen molar-refractivity contribution in [1.82, 2.24) is 0 Å². The Morgan fingerprint density at radius 1 is 0.973 bits per heavy atom. The highest BCUT2D eigenvalue weighted by Gasteiger charge is 2.29. The van der Waals surface area contributed by atoms with E-state index in [0.717, 1.165) is 37.4 Å². The molecular weight excluding hydrogens is 494 g/mol. The molecule has 2 aromatic rings. The molecule has 37 heavy (non-hydrogen) atoms. The third-order valence-corrected chi connectivity index (χ3v) is 7.30. The van der Waals surface area contributed by atoms with Crippen LogP contribution in [0.3, 0.4) is 0 Å². The van der Waals surface area contributed by atoms with E-state index in [0.29, 0.717) is 24.8 Å². The zero-order valence-corrected chi connectivity index (χ0v) is 21.6. The van der Waals surface area contributed by atoms with Crippen LogP contribution in [0.25, 0.3) is 0 Å². The number of carbonyl (C=O) groups is 2. The normalized spacial score (nSPS) is 14.1. The lowest BCUT2D eigenvalue weighted by Gasteiger charge is -2.18.